The molecule has 0 heterocycles. The van der Waals surface area contributed by atoms with Gasteiger partial charge in [-0.15, -0.1) is 0 Å². The molecule has 3 N–H and O–H groups in total. The van der Waals surface area contributed by atoms with Crippen molar-refractivity contribution in [2.75, 3.05) is 6.61 Å². The monoisotopic (exact) mass is 84.1 g/mol. The lowest BCUT2D eigenvalue weighted by molar-refractivity contribution is 0.318. The van der Waals surface area contributed by atoms with E-state index in [0.29, 0.717) is 0 Å². The third kappa shape index (κ3) is 586. The lowest BCUT2D eigenvalue weighted by Gasteiger charge is -1.52. The fourth-order valence-electron chi connectivity index (χ4n) is 0. The van der Waals surface area contributed by atoms with Crippen LogP contribution in [0.5, 0.6) is 0 Å². The fraction of sp³-hybridized carbons (Fsp3) is 1.00. The number of aliphatic hydroxyl groups is 1. The van der Waals surface area contributed by atoms with Crippen LogP contribution in [0.3, 0.4) is 0 Å². The first-order valence-corrected chi connectivity index (χ1v) is 1.02. The summed E-state index contributed by atoms with van der Waals surface area (Å²) in [6.07, 6.45) is 0. The zero-order chi connectivity index (χ0) is 2.71. The molecule has 0 bridgehead atoms. The van der Waals surface area contributed by atoms with Gasteiger partial charge in [0.05, 0.1) is 0 Å². The Hall–Kier alpha value is -0.150. The third-order valence-electron chi connectivity index (χ3n) is 0. The number of rotatable bonds is 0. The van der Waals surface area contributed by atoms with E-state index in [2.05, 4.69) is 0 Å². The number of hydrogen-bond acceptors (Lipinski definition) is 1. The highest BCUT2D eigenvalue weighted by molar-refractivity contribution is 3.84. The van der Waals surface area contributed by atoms with Gasteiger partial charge in [0.25, 0.3) is 0 Å². The van der Waals surface area contributed by atoms with Crippen molar-refractivity contribution < 1.29 is 15.3 Å². The molecular weight excluding hydrogens is 75.0 g/mol. The van der Waals surface area contributed by atoms with Gasteiger partial charge >= 0.3 is 0 Å². The van der Waals surface area contributed by atoms with E-state index >= 15 is 0 Å². The summed E-state index contributed by atoms with van der Waals surface area (Å²) >= 11 is 0. The molecule has 0 atom stereocenters. The van der Waals surface area contributed by atoms with E-state index in [0.717, 1.165) is 0 Å². The lowest BCUT2D eigenvalue weighted by atomic mass is 10.9. The average Bonchev–Trinajstić information content (AvgIpc) is 0.918. The van der Waals surface area contributed by atoms with Crippen LogP contribution in [0, 0.1) is 0 Å². The van der Waals surface area contributed by atoms with Crippen LogP contribution in [0.25, 0.3) is 0 Å². The second-order valence-electron chi connectivity index (χ2n) is 0.316. The third-order valence-corrected chi connectivity index (χ3v) is 0. The van der Waals surface area contributed by atoms with Gasteiger partial charge in [-0.1, -0.05) is 0 Å². The van der Waals surface area contributed by atoms with E-state index in [1.54, 1.807) is 6.92 Å². The number of aliphatic hydroxyl groups excluding tert-OH is 1. The lowest BCUT2D eigenvalue weighted by Crippen LogP contribution is -1.57. The van der Waals surface area contributed by atoms with Gasteiger partial charge in [-0.3, -0.25) is 4.70 Å². The summed E-state index contributed by atoms with van der Waals surface area (Å²) in [6, 6.07) is 0. The molecule has 0 spiro atoms. The van der Waals surface area contributed by atoms with Gasteiger partial charge in [0.15, 0.2) is 0 Å². The fourth-order valence-corrected chi connectivity index (χ4v) is 0. The van der Waals surface area contributed by atoms with Gasteiger partial charge in [-0.25, -0.2) is 0 Å². The van der Waals surface area contributed by atoms with E-state index in [1.807, 2.05) is 0 Å². The van der Waals surface area contributed by atoms with Crippen molar-refractivity contribution in [1.29, 1.82) is 0 Å². The molecule has 0 aromatic heterocycles. The summed E-state index contributed by atoms with van der Waals surface area (Å²) in [5.41, 5.74) is 0. The highest BCUT2D eigenvalue weighted by atomic mass is 19.0. The zero-order valence-corrected chi connectivity index (χ0v) is 3.06. The SMILES string of the molecule is CCO.F.O. The molecule has 0 saturated heterocycles. The first kappa shape index (κ1) is 21.0. The molecule has 0 aromatic carbocycles. The maximum Gasteiger partial charge on any atom is 0.0402 e. The molecule has 0 aliphatic rings. The predicted molar refractivity (Wildman–Crippen MR) is 18.9 cm³/mol. The van der Waals surface area contributed by atoms with Gasteiger partial charge in [-0.05, 0) is 6.92 Å². The second-order valence-corrected chi connectivity index (χ2v) is 0.316. The Morgan fingerprint density at radius 2 is 1.60 bits per heavy atom. The van der Waals surface area contributed by atoms with Crippen LogP contribution >= 0.6 is 0 Å². The van der Waals surface area contributed by atoms with Crippen LogP contribution < -0.4 is 0 Å². The predicted octanol–water partition coefficient (Wildman–Crippen LogP) is -0.674. The molecule has 0 aliphatic heterocycles. The van der Waals surface area contributed by atoms with Gasteiger partial charge in [0.2, 0.25) is 0 Å². The Morgan fingerprint density at radius 1 is 1.60 bits per heavy atom. The average molecular weight is 84.1 g/mol. The summed E-state index contributed by atoms with van der Waals surface area (Å²) in [7, 11) is 0. The Labute approximate surface area is 30.1 Å². The molecule has 0 aromatic rings. The van der Waals surface area contributed by atoms with Crippen LogP contribution in [-0.2, 0) is 0 Å². The highest BCUT2D eigenvalue weighted by Crippen LogP contribution is 1.30. The molecule has 3 heteroatoms. The minimum absolute atomic E-state index is 0. The molecule has 0 aliphatic carbocycles. The van der Waals surface area contributed by atoms with Crippen molar-refractivity contribution in [2.45, 2.75) is 6.92 Å². The van der Waals surface area contributed by atoms with E-state index < -0.39 is 0 Å². The summed E-state index contributed by atoms with van der Waals surface area (Å²) < 4.78 is 0. The number of halogens is 1. The summed E-state index contributed by atoms with van der Waals surface area (Å²) in [5.74, 6) is 0. The van der Waals surface area contributed by atoms with Crippen LogP contribution in [0.15, 0.2) is 0 Å². The zero-order valence-electron chi connectivity index (χ0n) is 3.06. The Balaban J connectivity index is -0.0000000200. The van der Waals surface area contributed by atoms with Crippen LogP contribution in [0.4, 0.5) is 4.70 Å². The molecule has 0 fully saturated rings. The Bertz CT molecular complexity index is 7.61. The molecule has 2 nitrogen and oxygen atoms in total. The van der Waals surface area contributed by atoms with E-state index in [-0.39, 0.29) is 16.8 Å². The quantitative estimate of drug-likeness (QED) is 0.415. The maximum absolute atomic E-state index is 7.57. The van der Waals surface area contributed by atoms with Gasteiger partial charge in [0.1, 0.15) is 0 Å². The minimum Gasteiger partial charge on any atom is -0.412 e. The molecule has 36 valence electrons. The van der Waals surface area contributed by atoms with Crippen molar-refractivity contribution in [3.63, 3.8) is 0 Å². The Morgan fingerprint density at radius 3 is 1.60 bits per heavy atom. The van der Waals surface area contributed by atoms with Crippen LogP contribution in [-0.4, -0.2) is 17.2 Å². The van der Waals surface area contributed by atoms with Crippen molar-refractivity contribution in [2.24, 2.45) is 0 Å². The van der Waals surface area contributed by atoms with Crippen molar-refractivity contribution in [1.82, 2.24) is 0 Å². The molecule has 5 heavy (non-hydrogen) atoms. The van der Waals surface area contributed by atoms with E-state index in [9.17, 15) is 0 Å². The Kier molecular flexibility index (Phi) is 182. The minimum atomic E-state index is 0. The topological polar surface area (TPSA) is 51.7 Å². The molecular formula is C2H9FO2. The second kappa shape index (κ2) is 43.3. The molecule has 0 amide bonds. The largest absolute Gasteiger partial charge is 0.412 e. The van der Waals surface area contributed by atoms with Gasteiger partial charge in [0, 0.05) is 6.61 Å². The molecule has 0 saturated carbocycles. The molecule has 0 unspecified atom stereocenters. The molecule has 0 rings (SSSR count). The van der Waals surface area contributed by atoms with Crippen molar-refractivity contribution >= 4 is 0 Å². The van der Waals surface area contributed by atoms with Crippen molar-refractivity contribution in [3.05, 3.63) is 0 Å². The smallest absolute Gasteiger partial charge is 0.0402 e. The summed E-state index contributed by atoms with van der Waals surface area (Å²) in [4.78, 5) is 0. The molecule has 0 radical (unpaired) electrons. The first-order chi connectivity index (χ1) is 1.41. The highest BCUT2D eigenvalue weighted by Gasteiger charge is 1.34. The maximum atomic E-state index is 7.57. The van der Waals surface area contributed by atoms with Crippen LogP contribution in [0.2, 0.25) is 0 Å². The first-order valence-electron chi connectivity index (χ1n) is 1.02. The number of hydrogen-bond donors (Lipinski definition) is 1. The van der Waals surface area contributed by atoms with E-state index in [1.165, 1.54) is 0 Å². The van der Waals surface area contributed by atoms with Gasteiger partial charge in [-0.2, -0.15) is 0 Å². The van der Waals surface area contributed by atoms with E-state index in [4.69, 9.17) is 5.11 Å². The van der Waals surface area contributed by atoms with Gasteiger partial charge < -0.3 is 10.6 Å². The van der Waals surface area contributed by atoms with Crippen LogP contribution in [0.1, 0.15) is 6.92 Å². The summed E-state index contributed by atoms with van der Waals surface area (Å²) in [6.45, 7) is 1.93. The standard InChI is InChI=1S/C2H6O.FH.H2O/c1-2-3;;/h3H,2H2,1H3;1H;1H2. The summed E-state index contributed by atoms with van der Waals surface area (Å²) in [5, 5.41) is 7.57. The van der Waals surface area contributed by atoms with Crippen molar-refractivity contribution in [3.8, 4) is 0 Å². The normalized spacial score (nSPS) is 3.60.